The van der Waals surface area contributed by atoms with Crippen LogP contribution in [-0.2, 0) is 27.9 Å². The van der Waals surface area contributed by atoms with E-state index in [0.29, 0.717) is 17.3 Å². The van der Waals surface area contributed by atoms with E-state index in [1.165, 1.54) is 54.4 Å². The molecular weight excluding hydrogens is 538 g/mol. The molecule has 0 unspecified atom stereocenters. The van der Waals surface area contributed by atoms with Crippen molar-refractivity contribution in [2.24, 2.45) is 0 Å². The van der Waals surface area contributed by atoms with Crippen molar-refractivity contribution in [2.75, 3.05) is 31.0 Å². The molecular formula is C29H32ClN3O5S. The number of nitrogens with one attached hydrogen (secondary N) is 1. The lowest BCUT2D eigenvalue weighted by Gasteiger charge is -2.35. The summed E-state index contributed by atoms with van der Waals surface area (Å²) < 4.78 is 39.7. The van der Waals surface area contributed by atoms with Crippen molar-refractivity contribution in [3.63, 3.8) is 0 Å². The number of hydrogen-bond donors (Lipinski definition) is 1. The number of ether oxygens (including phenoxy) is 2. The lowest BCUT2D eigenvalue weighted by Crippen LogP contribution is -2.50. The average molecular weight is 570 g/mol. The molecule has 10 heteroatoms. The van der Waals surface area contributed by atoms with Crippen LogP contribution in [0.25, 0.3) is 0 Å². The molecule has 0 bridgehead atoms. The predicted octanol–water partition coefficient (Wildman–Crippen LogP) is 4.61. The highest BCUT2D eigenvalue weighted by Gasteiger charge is 2.37. The molecule has 1 N–H and O–H groups in total. The molecule has 0 saturated carbocycles. The molecule has 0 radical (unpaired) electrons. The number of sulfonamides is 1. The highest BCUT2D eigenvalue weighted by Crippen LogP contribution is 2.39. The van der Waals surface area contributed by atoms with Gasteiger partial charge in [0.1, 0.15) is 11.5 Å². The van der Waals surface area contributed by atoms with Crippen molar-refractivity contribution in [3.8, 4) is 11.5 Å². The topological polar surface area (TPSA) is 88.2 Å². The normalized spacial score (nSPS) is 17.7. The molecule has 2 heterocycles. The van der Waals surface area contributed by atoms with Crippen LogP contribution in [0.15, 0.2) is 71.6 Å². The van der Waals surface area contributed by atoms with Gasteiger partial charge in [-0.2, -0.15) is 0 Å². The Balaban J connectivity index is 1.34. The maximum atomic E-state index is 13.7. The third kappa shape index (κ3) is 6.16. The first-order valence-electron chi connectivity index (χ1n) is 13.0. The number of carbonyl (C=O) groups is 1. The van der Waals surface area contributed by atoms with E-state index >= 15 is 0 Å². The molecule has 206 valence electrons. The van der Waals surface area contributed by atoms with Crippen molar-refractivity contribution < 1.29 is 22.7 Å². The first-order chi connectivity index (χ1) is 18.8. The van der Waals surface area contributed by atoms with Gasteiger partial charge in [0.2, 0.25) is 0 Å². The lowest BCUT2D eigenvalue weighted by molar-refractivity contribution is -0.127. The Bertz CT molecular complexity index is 1430. The van der Waals surface area contributed by atoms with Gasteiger partial charge in [-0.1, -0.05) is 42.3 Å². The monoisotopic (exact) mass is 569 g/mol. The van der Waals surface area contributed by atoms with Crippen LogP contribution in [0.4, 0.5) is 5.69 Å². The van der Waals surface area contributed by atoms with Crippen molar-refractivity contribution in [3.05, 3.63) is 82.9 Å². The quantitative estimate of drug-likeness (QED) is 0.426. The fourth-order valence-electron chi connectivity index (χ4n) is 5.00. The first-order valence-corrected chi connectivity index (χ1v) is 14.9. The zero-order valence-electron chi connectivity index (χ0n) is 21.8. The largest absolute Gasteiger partial charge is 0.497 e. The van der Waals surface area contributed by atoms with E-state index in [4.69, 9.17) is 21.1 Å². The molecule has 1 amide bonds. The van der Waals surface area contributed by atoms with Crippen LogP contribution >= 0.6 is 11.6 Å². The summed E-state index contributed by atoms with van der Waals surface area (Å²) >= 11 is 6.20. The predicted molar refractivity (Wildman–Crippen MR) is 151 cm³/mol. The van der Waals surface area contributed by atoms with Crippen LogP contribution in [-0.4, -0.2) is 52.1 Å². The van der Waals surface area contributed by atoms with Gasteiger partial charge in [-0.25, -0.2) is 8.42 Å². The van der Waals surface area contributed by atoms with Gasteiger partial charge in [0, 0.05) is 18.1 Å². The van der Waals surface area contributed by atoms with Gasteiger partial charge >= 0.3 is 0 Å². The summed E-state index contributed by atoms with van der Waals surface area (Å²) in [7, 11) is -2.51. The number of nitrogens with zero attached hydrogens (tertiary/aromatic N) is 2. The SMILES string of the molecule is COc1ccc(S(=O)(=O)N2C[C@@H](C(=O)NCc3ccccc3CN3CCCCC3)Oc3ccc(Cl)cc32)cc1. The molecule has 3 aromatic carbocycles. The van der Waals surface area contributed by atoms with Crippen LogP contribution in [0.5, 0.6) is 11.5 Å². The van der Waals surface area contributed by atoms with Crippen molar-refractivity contribution >= 4 is 33.2 Å². The maximum Gasteiger partial charge on any atom is 0.264 e. The van der Waals surface area contributed by atoms with E-state index in [9.17, 15) is 13.2 Å². The summed E-state index contributed by atoms with van der Waals surface area (Å²) in [5.74, 6) is 0.420. The molecule has 5 rings (SSSR count). The van der Waals surface area contributed by atoms with E-state index in [2.05, 4.69) is 16.3 Å². The number of halogens is 1. The van der Waals surface area contributed by atoms with Crippen LogP contribution < -0.4 is 19.1 Å². The minimum atomic E-state index is -4.02. The summed E-state index contributed by atoms with van der Waals surface area (Å²) in [4.78, 5) is 15.8. The Labute approximate surface area is 234 Å². The average Bonchev–Trinajstić information content (AvgIpc) is 2.96. The zero-order valence-corrected chi connectivity index (χ0v) is 23.4. The van der Waals surface area contributed by atoms with Gasteiger partial charge in [-0.3, -0.25) is 14.0 Å². The maximum absolute atomic E-state index is 13.7. The van der Waals surface area contributed by atoms with Crippen LogP contribution in [0.1, 0.15) is 30.4 Å². The molecule has 0 spiro atoms. The van der Waals surface area contributed by atoms with Crippen molar-refractivity contribution in [1.82, 2.24) is 10.2 Å². The Morgan fingerprint density at radius 2 is 1.74 bits per heavy atom. The minimum Gasteiger partial charge on any atom is -0.497 e. The van der Waals surface area contributed by atoms with Gasteiger partial charge in [0.25, 0.3) is 15.9 Å². The van der Waals surface area contributed by atoms with E-state index in [-0.39, 0.29) is 22.9 Å². The van der Waals surface area contributed by atoms with E-state index in [0.717, 1.165) is 25.2 Å². The Morgan fingerprint density at radius 3 is 2.46 bits per heavy atom. The fourth-order valence-corrected chi connectivity index (χ4v) is 6.64. The second kappa shape index (κ2) is 11.9. The number of anilines is 1. The highest BCUT2D eigenvalue weighted by atomic mass is 35.5. The molecule has 2 aliphatic rings. The lowest BCUT2D eigenvalue weighted by atomic mass is 10.0. The summed E-state index contributed by atoms with van der Waals surface area (Å²) in [6.45, 7) is 3.13. The third-order valence-electron chi connectivity index (χ3n) is 7.14. The molecule has 39 heavy (non-hydrogen) atoms. The van der Waals surface area contributed by atoms with Crippen LogP contribution in [0, 0.1) is 0 Å². The van der Waals surface area contributed by atoms with Gasteiger partial charge in [-0.15, -0.1) is 0 Å². The smallest absolute Gasteiger partial charge is 0.264 e. The molecule has 1 atom stereocenters. The summed E-state index contributed by atoms with van der Waals surface area (Å²) in [6.07, 6.45) is 2.65. The van der Waals surface area contributed by atoms with E-state index in [1.807, 2.05) is 18.2 Å². The highest BCUT2D eigenvalue weighted by molar-refractivity contribution is 7.92. The Hall–Kier alpha value is -3.27. The summed E-state index contributed by atoms with van der Waals surface area (Å²) in [6, 6.07) is 18.9. The molecule has 1 fully saturated rings. The van der Waals surface area contributed by atoms with E-state index < -0.39 is 22.0 Å². The number of likely N-dealkylation sites (tertiary alicyclic amines) is 1. The van der Waals surface area contributed by atoms with Crippen LogP contribution in [0.2, 0.25) is 5.02 Å². The number of fused-ring (bicyclic) bond motifs is 1. The fraction of sp³-hybridized carbons (Fsp3) is 0.345. The standard InChI is InChI=1S/C29H32ClN3O5S/c1-37-24-10-12-25(13-11-24)39(35,36)33-20-28(38-27-14-9-23(30)17-26(27)33)29(34)31-18-21-7-3-4-8-22(21)19-32-15-5-2-6-16-32/h3-4,7-14,17,28H,2,5-6,15-16,18-20H2,1H3,(H,31,34)/t28-/m0/s1. The number of methoxy groups -OCH3 is 1. The molecule has 8 nitrogen and oxygen atoms in total. The number of rotatable bonds is 8. The second-order valence-electron chi connectivity index (χ2n) is 9.75. The van der Waals surface area contributed by atoms with Gasteiger partial charge in [0.15, 0.2) is 6.10 Å². The summed E-state index contributed by atoms with van der Waals surface area (Å²) in [5.41, 5.74) is 2.49. The van der Waals surface area contributed by atoms with E-state index in [1.54, 1.807) is 24.3 Å². The van der Waals surface area contributed by atoms with Gasteiger partial charge in [0.05, 0.1) is 24.2 Å². The first kappa shape index (κ1) is 27.3. The molecule has 3 aromatic rings. The van der Waals surface area contributed by atoms with Gasteiger partial charge < -0.3 is 14.8 Å². The van der Waals surface area contributed by atoms with Gasteiger partial charge in [-0.05, 0) is 79.5 Å². The number of benzene rings is 3. The van der Waals surface area contributed by atoms with Crippen molar-refractivity contribution in [2.45, 2.75) is 43.4 Å². The number of carbonyl (C=O) groups excluding carboxylic acids is 1. The minimum absolute atomic E-state index is 0.0712. The van der Waals surface area contributed by atoms with Crippen LogP contribution in [0.3, 0.4) is 0 Å². The molecule has 0 aromatic heterocycles. The molecule has 1 saturated heterocycles. The molecule has 2 aliphatic heterocycles. The zero-order chi connectivity index (χ0) is 27.4. The third-order valence-corrected chi connectivity index (χ3v) is 9.17. The number of piperidine rings is 1. The summed E-state index contributed by atoms with van der Waals surface area (Å²) in [5, 5.41) is 3.33. The number of hydrogen-bond acceptors (Lipinski definition) is 6. The van der Waals surface area contributed by atoms with Crippen molar-refractivity contribution in [1.29, 1.82) is 0 Å². The Kier molecular flexibility index (Phi) is 8.30. The molecule has 0 aliphatic carbocycles. The second-order valence-corrected chi connectivity index (χ2v) is 12.1. The Morgan fingerprint density at radius 1 is 1.03 bits per heavy atom. The number of amides is 1.